The van der Waals surface area contributed by atoms with E-state index in [0.29, 0.717) is 102 Å². The van der Waals surface area contributed by atoms with Crippen LogP contribution in [-0.4, -0.2) is 79.3 Å². The van der Waals surface area contributed by atoms with Crippen molar-refractivity contribution in [1.29, 1.82) is 0 Å². The first-order valence-electron chi connectivity index (χ1n) is 11.3. The fraction of sp³-hybridized carbons (Fsp3) is 0.500. The van der Waals surface area contributed by atoms with Crippen LogP contribution in [-0.2, 0) is 18.9 Å². The molecule has 36 heavy (non-hydrogen) atoms. The molecule has 12 heteroatoms. The highest BCUT2D eigenvalue weighted by atomic mass is 79.9. The zero-order valence-electron chi connectivity index (χ0n) is 19.6. The molecule has 0 fully saturated rings. The first-order chi connectivity index (χ1) is 17.5. The second-order valence-corrected chi connectivity index (χ2v) is 10.7. The van der Waals surface area contributed by atoms with Crippen LogP contribution in [0.1, 0.15) is 0 Å². The molecular weight excluding hydrogens is 736 g/mol. The van der Waals surface area contributed by atoms with Crippen molar-refractivity contribution in [3.8, 4) is 23.0 Å². The number of ether oxygens (including phenoxy) is 8. The maximum atomic E-state index is 5.90. The Morgan fingerprint density at radius 1 is 0.333 bits per heavy atom. The predicted molar refractivity (Wildman–Crippen MR) is 149 cm³/mol. The highest BCUT2D eigenvalue weighted by Gasteiger charge is 2.12. The van der Waals surface area contributed by atoms with Gasteiger partial charge in [-0.25, -0.2) is 0 Å². The Morgan fingerprint density at radius 2 is 0.528 bits per heavy atom. The quantitative estimate of drug-likeness (QED) is 0.323. The average molecular weight is 764 g/mol. The van der Waals surface area contributed by atoms with E-state index in [-0.39, 0.29) is 0 Å². The molecule has 1 heterocycles. The molecule has 1 aliphatic rings. The molecule has 2 aromatic carbocycles. The van der Waals surface area contributed by atoms with E-state index >= 15 is 0 Å². The van der Waals surface area contributed by atoms with E-state index in [1.54, 1.807) is 0 Å². The van der Waals surface area contributed by atoms with Crippen molar-refractivity contribution < 1.29 is 37.9 Å². The van der Waals surface area contributed by atoms with Gasteiger partial charge in [-0.15, -0.1) is 0 Å². The van der Waals surface area contributed by atoms with Crippen LogP contribution in [0.25, 0.3) is 0 Å². The third kappa shape index (κ3) is 10.6. The molecule has 0 amide bonds. The summed E-state index contributed by atoms with van der Waals surface area (Å²) in [7, 11) is 0. The highest BCUT2D eigenvalue weighted by molar-refractivity contribution is 9.13. The maximum Gasteiger partial charge on any atom is 0.162 e. The summed E-state index contributed by atoms with van der Waals surface area (Å²) >= 11 is 14.0. The number of hydrogen-bond donors (Lipinski definition) is 0. The summed E-state index contributed by atoms with van der Waals surface area (Å²) < 4.78 is 49.4. The van der Waals surface area contributed by atoms with E-state index in [2.05, 4.69) is 63.7 Å². The lowest BCUT2D eigenvalue weighted by Crippen LogP contribution is -2.15. The van der Waals surface area contributed by atoms with Crippen LogP contribution in [0.15, 0.2) is 42.2 Å². The van der Waals surface area contributed by atoms with Crippen LogP contribution >= 0.6 is 63.7 Å². The molecule has 0 saturated heterocycles. The van der Waals surface area contributed by atoms with Crippen LogP contribution in [0.3, 0.4) is 0 Å². The Morgan fingerprint density at radius 3 is 0.750 bits per heavy atom. The van der Waals surface area contributed by atoms with Crippen molar-refractivity contribution in [3.63, 3.8) is 0 Å². The summed E-state index contributed by atoms with van der Waals surface area (Å²) in [6.07, 6.45) is 0. The zero-order chi connectivity index (χ0) is 25.6. The van der Waals surface area contributed by atoms with E-state index in [9.17, 15) is 0 Å². The molecule has 0 aromatic heterocycles. The molecule has 0 saturated carbocycles. The van der Waals surface area contributed by atoms with Gasteiger partial charge in [-0.05, 0) is 88.0 Å². The van der Waals surface area contributed by atoms with E-state index < -0.39 is 0 Å². The molecule has 0 radical (unpaired) electrons. The molecular formula is C24H28Br4O8. The Labute approximate surface area is 244 Å². The van der Waals surface area contributed by atoms with Gasteiger partial charge in [-0.1, -0.05) is 0 Å². The topological polar surface area (TPSA) is 73.8 Å². The monoisotopic (exact) mass is 760 g/mol. The lowest BCUT2D eigenvalue weighted by molar-refractivity contribution is 0.00452. The van der Waals surface area contributed by atoms with Gasteiger partial charge in [0.1, 0.15) is 26.4 Å². The predicted octanol–water partition coefficient (Wildman–Crippen LogP) is 6.03. The van der Waals surface area contributed by atoms with Gasteiger partial charge in [0.05, 0.1) is 52.9 Å². The van der Waals surface area contributed by atoms with Gasteiger partial charge in [-0.3, -0.25) is 0 Å². The molecule has 200 valence electrons. The minimum atomic E-state index is 0.358. The van der Waals surface area contributed by atoms with E-state index in [1.165, 1.54) is 0 Å². The summed E-state index contributed by atoms with van der Waals surface area (Å²) in [5, 5.41) is 0. The summed E-state index contributed by atoms with van der Waals surface area (Å²) in [6.45, 7) is 5.03. The summed E-state index contributed by atoms with van der Waals surface area (Å²) in [5.41, 5.74) is 0. The lowest BCUT2D eigenvalue weighted by atomic mass is 10.3. The Balaban J connectivity index is 1.57. The minimum Gasteiger partial charge on any atom is -0.487 e. The van der Waals surface area contributed by atoms with Crippen molar-refractivity contribution in [1.82, 2.24) is 0 Å². The van der Waals surface area contributed by atoms with Gasteiger partial charge in [0.2, 0.25) is 0 Å². The number of hydrogen-bond acceptors (Lipinski definition) is 8. The standard InChI is InChI=1S/C24H28Br4O8/c25-17-13-21-23(15-19(17)27)35-11-7-32-8-12-36-24-16-20(28)18(26)14-22(24)34-10-6-31-4-2-29-1-3-30-5-9-33-21/h13-16H,1-12H2. The fourth-order valence-corrected chi connectivity index (χ4v) is 4.25. The second kappa shape index (κ2) is 17.1. The summed E-state index contributed by atoms with van der Waals surface area (Å²) in [4.78, 5) is 0. The fourth-order valence-electron chi connectivity index (χ4n) is 2.96. The van der Waals surface area contributed by atoms with Gasteiger partial charge in [-0.2, -0.15) is 0 Å². The average Bonchev–Trinajstić information content (AvgIpc) is 2.85. The number of rotatable bonds is 0. The summed E-state index contributed by atoms with van der Waals surface area (Å²) in [6, 6.07) is 7.43. The van der Waals surface area contributed by atoms with Crippen LogP contribution in [0.5, 0.6) is 23.0 Å². The van der Waals surface area contributed by atoms with Gasteiger partial charge in [0, 0.05) is 17.9 Å². The lowest BCUT2D eigenvalue weighted by Gasteiger charge is -2.16. The third-order valence-electron chi connectivity index (χ3n) is 4.66. The molecule has 0 spiro atoms. The van der Waals surface area contributed by atoms with Crippen molar-refractivity contribution in [2.75, 3.05) is 79.3 Å². The van der Waals surface area contributed by atoms with Gasteiger partial charge < -0.3 is 37.9 Å². The van der Waals surface area contributed by atoms with Crippen LogP contribution in [0.2, 0.25) is 0 Å². The number of halogens is 4. The zero-order valence-corrected chi connectivity index (χ0v) is 25.9. The van der Waals surface area contributed by atoms with E-state index in [0.717, 1.165) is 17.9 Å². The van der Waals surface area contributed by atoms with Crippen LogP contribution < -0.4 is 18.9 Å². The Kier molecular flexibility index (Phi) is 14.2. The molecule has 3 rings (SSSR count). The number of fused-ring (bicyclic) bond motifs is 2. The Bertz CT molecular complexity index is 873. The second-order valence-electron chi connectivity index (χ2n) is 7.27. The highest BCUT2D eigenvalue weighted by Crippen LogP contribution is 2.37. The molecule has 0 atom stereocenters. The van der Waals surface area contributed by atoms with Crippen LogP contribution in [0, 0.1) is 0 Å². The smallest absolute Gasteiger partial charge is 0.162 e. The molecule has 0 bridgehead atoms. The molecule has 8 nitrogen and oxygen atoms in total. The van der Waals surface area contributed by atoms with Gasteiger partial charge in [0.15, 0.2) is 23.0 Å². The van der Waals surface area contributed by atoms with E-state index in [4.69, 9.17) is 37.9 Å². The van der Waals surface area contributed by atoms with Crippen LogP contribution in [0.4, 0.5) is 0 Å². The van der Waals surface area contributed by atoms with Gasteiger partial charge in [0.25, 0.3) is 0 Å². The van der Waals surface area contributed by atoms with Crippen molar-refractivity contribution in [3.05, 3.63) is 42.2 Å². The molecule has 1 aliphatic heterocycles. The normalized spacial score (nSPS) is 17.7. The SMILES string of the molecule is Brc1cc2c(cc1Br)OCCOCCOc1cc(Br)c(Br)cc1OCCOCCOCCOCCO2. The molecule has 2 aromatic rings. The third-order valence-corrected chi connectivity index (χ3v) is 8.35. The number of benzene rings is 2. The summed E-state index contributed by atoms with van der Waals surface area (Å²) in [5.74, 6) is 2.47. The maximum absolute atomic E-state index is 5.90. The van der Waals surface area contributed by atoms with Crippen molar-refractivity contribution in [2.45, 2.75) is 0 Å². The molecule has 0 aliphatic carbocycles. The van der Waals surface area contributed by atoms with Gasteiger partial charge >= 0.3 is 0 Å². The van der Waals surface area contributed by atoms with Crippen molar-refractivity contribution in [2.24, 2.45) is 0 Å². The largest absolute Gasteiger partial charge is 0.487 e. The molecule has 0 N–H and O–H groups in total. The van der Waals surface area contributed by atoms with E-state index in [1.807, 2.05) is 24.3 Å². The first-order valence-corrected chi connectivity index (χ1v) is 14.5. The Hall–Kier alpha value is -0.600. The molecule has 0 unspecified atom stereocenters. The van der Waals surface area contributed by atoms with Crippen molar-refractivity contribution >= 4 is 63.7 Å². The minimum absolute atomic E-state index is 0.358. The first kappa shape index (κ1) is 29.9.